The number of nitrogens with two attached hydrogens (primary N) is 1. The van der Waals surface area contributed by atoms with E-state index < -0.39 is 0 Å². The Balaban J connectivity index is 1.61. The van der Waals surface area contributed by atoms with E-state index in [1.807, 2.05) is 6.07 Å². The first-order valence-corrected chi connectivity index (χ1v) is 8.11. The molecule has 5 unspecified atom stereocenters. The maximum atomic E-state index is 13.5. The van der Waals surface area contributed by atoms with E-state index in [9.17, 15) is 4.39 Å². The van der Waals surface area contributed by atoms with Crippen LogP contribution in [-0.4, -0.2) is 5.54 Å². The first kappa shape index (κ1) is 12.8. The van der Waals surface area contributed by atoms with Gasteiger partial charge in [0, 0.05) is 5.54 Å². The minimum absolute atomic E-state index is 0.0747. The number of aryl methyl sites for hydroxylation is 1. The Labute approximate surface area is 120 Å². The molecule has 1 aromatic rings. The van der Waals surface area contributed by atoms with Crippen LogP contribution in [0.1, 0.15) is 43.2 Å². The van der Waals surface area contributed by atoms with Crippen molar-refractivity contribution in [3.8, 4) is 0 Å². The molecule has 20 heavy (non-hydrogen) atoms. The average molecular weight is 273 g/mol. The van der Waals surface area contributed by atoms with Crippen LogP contribution in [0.4, 0.5) is 4.39 Å². The molecule has 1 nitrogen and oxygen atoms in total. The quantitative estimate of drug-likeness (QED) is 0.870. The summed E-state index contributed by atoms with van der Waals surface area (Å²) < 4.78 is 13.5. The fourth-order valence-electron chi connectivity index (χ4n) is 5.70. The molecule has 0 aromatic heterocycles. The van der Waals surface area contributed by atoms with Gasteiger partial charge in [0.15, 0.2) is 0 Å². The van der Waals surface area contributed by atoms with Gasteiger partial charge in [-0.2, -0.15) is 0 Å². The van der Waals surface area contributed by atoms with E-state index in [0.717, 1.165) is 36.2 Å². The smallest absolute Gasteiger partial charge is 0.123 e. The number of rotatable bonds is 2. The summed E-state index contributed by atoms with van der Waals surface area (Å²) in [4.78, 5) is 0. The number of halogens is 1. The maximum Gasteiger partial charge on any atom is 0.123 e. The molecule has 3 fully saturated rings. The Morgan fingerprint density at radius 1 is 1.30 bits per heavy atom. The van der Waals surface area contributed by atoms with Crippen molar-refractivity contribution < 1.29 is 4.39 Å². The predicted octanol–water partition coefficient (Wildman–Crippen LogP) is 3.83. The number of hydrogen-bond donors (Lipinski definition) is 1. The number of hydrogen-bond acceptors (Lipinski definition) is 1. The van der Waals surface area contributed by atoms with Gasteiger partial charge >= 0.3 is 0 Å². The molecule has 0 radical (unpaired) electrons. The molecule has 108 valence electrons. The van der Waals surface area contributed by atoms with Crippen LogP contribution in [0.15, 0.2) is 18.2 Å². The SMILES string of the molecule is Cc1ccc(F)cc1CC1(N)CC2CC1C1CCCC21. The van der Waals surface area contributed by atoms with Crippen LogP contribution in [0.5, 0.6) is 0 Å². The minimum atomic E-state index is -0.129. The van der Waals surface area contributed by atoms with Crippen LogP contribution in [-0.2, 0) is 6.42 Å². The van der Waals surface area contributed by atoms with E-state index >= 15 is 0 Å². The Kier molecular flexibility index (Phi) is 2.76. The molecule has 2 N–H and O–H groups in total. The molecule has 3 saturated carbocycles. The molecule has 4 rings (SSSR count). The van der Waals surface area contributed by atoms with Gasteiger partial charge in [-0.3, -0.25) is 0 Å². The molecule has 0 amide bonds. The standard InChI is InChI=1S/C18H24FN/c1-11-5-6-14(19)7-12(11)9-18(20)10-13-8-17(18)16-4-2-3-15(13)16/h5-7,13,15-17H,2-4,8-10,20H2,1H3. The maximum absolute atomic E-state index is 13.5. The van der Waals surface area contributed by atoms with Crippen molar-refractivity contribution in [3.05, 3.63) is 35.1 Å². The van der Waals surface area contributed by atoms with Gasteiger partial charge in [0.2, 0.25) is 0 Å². The second-order valence-electron chi connectivity index (χ2n) is 7.55. The fraction of sp³-hybridized carbons (Fsp3) is 0.667. The van der Waals surface area contributed by atoms with E-state index in [0.29, 0.717) is 5.92 Å². The lowest BCUT2D eigenvalue weighted by molar-refractivity contribution is 0.156. The lowest BCUT2D eigenvalue weighted by Gasteiger charge is -2.40. The summed E-state index contributed by atoms with van der Waals surface area (Å²) >= 11 is 0. The van der Waals surface area contributed by atoms with E-state index in [4.69, 9.17) is 5.73 Å². The number of benzene rings is 1. The van der Waals surface area contributed by atoms with Gasteiger partial charge in [0.1, 0.15) is 5.82 Å². The molecular formula is C18H24FN. The summed E-state index contributed by atoms with van der Waals surface area (Å²) in [6.45, 7) is 2.07. The van der Waals surface area contributed by atoms with Crippen LogP contribution >= 0.6 is 0 Å². The van der Waals surface area contributed by atoms with Crippen molar-refractivity contribution in [2.75, 3.05) is 0 Å². The fourth-order valence-corrected chi connectivity index (χ4v) is 5.70. The van der Waals surface area contributed by atoms with Crippen molar-refractivity contribution in [3.63, 3.8) is 0 Å². The first-order chi connectivity index (χ1) is 9.57. The van der Waals surface area contributed by atoms with Crippen LogP contribution < -0.4 is 5.73 Å². The lowest BCUT2D eigenvalue weighted by Crippen LogP contribution is -2.51. The molecule has 2 bridgehead atoms. The minimum Gasteiger partial charge on any atom is -0.325 e. The Bertz CT molecular complexity index is 540. The zero-order chi connectivity index (χ0) is 13.9. The van der Waals surface area contributed by atoms with Crippen LogP contribution in [0, 0.1) is 36.4 Å². The summed E-state index contributed by atoms with van der Waals surface area (Å²) in [5.41, 5.74) is 9.06. The van der Waals surface area contributed by atoms with E-state index in [1.54, 1.807) is 12.1 Å². The highest BCUT2D eigenvalue weighted by Gasteiger charge is 2.59. The summed E-state index contributed by atoms with van der Waals surface area (Å²) in [6.07, 6.45) is 7.57. The van der Waals surface area contributed by atoms with Gasteiger partial charge in [0.25, 0.3) is 0 Å². The van der Waals surface area contributed by atoms with Gasteiger partial charge in [0.05, 0.1) is 0 Å². The second-order valence-corrected chi connectivity index (χ2v) is 7.55. The third kappa shape index (κ3) is 1.77. The average Bonchev–Trinajstić information content (AvgIpc) is 3.04. The summed E-state index contributed by atoms with van der Waals surface area (Å²) in [7, 11) is 0. The molecule has 0 aliphatic heterocycles. The van der Waals surface area contributed by atoms with E-state index in [2.05, 4.69) is 6.92 Å². The third-order valence-electron chi connectivity index (χ3n) is 6.52. The molecule has 3 aliphatic rings. The third-order valence-corrected chi connectivity index (χ3v) is 6.52. The van der Waals surface area contributed by atoms with Crippen LogP contribution in [0.3, 0.4) is 0 Å². The Morgan fingerprint density at radius 3 is 2.95 bits per heavy atom. The normalized spacial score (nSPS) is 42.1. The highest BCUT2D eigenvalue weighted by atomic mass is 19.1. The summed E-state index contributed by atoms with van der Waals surface area (Å²) in [5.74, 6) is 3.24. The van der Waals surface area contributed by atoms with Crippen molar-refractivity contribution in [1.82, 2.24) is 0 Å². The largest absolute Gasteiger partial charge is 0.325 e. The van der Waals surface area contributed by atoms with Gasteiger partial charge < -0.3 is 5.73 Å². The molecule has 3 aliphatic carbocycles. The summed E-state index contributed by atoms with van der Waals surface area (Å²) in [5, 5.41) is 0. The van der Waals surface area contributed by atoms with E-state index in [-0.39, 0.29) is 11.4 Å². The van der Waals surface area contributed by atoms with Gasteiger partial charge in [-0.1, -0.05) is 12.5 Å². The topological polar surface area (TPSA) is 26.0 Å². The van der Waals surface area contributed by atoms with Crippen LogP contribution in [0.2, 0.25) is 0 Å². The zero-order valence-corrected chi connectivity index (χ0v) is 12.2. The van der Waals surface area contributed by atoms with Crippen molar-refractivity contribution in [2.24, 2.45) is 29.4 Å². The highest BCUT2D eigenvalue weighted by Crippen LogP contribution is 2.62. The molecule has 0 spiro atoms. The van der Waals surface area contributed by atoms with Crippen molar-refractivity contribution >= 4 is 0 Å². The van der Waals surface area contributed by atoms with Crippen molar-refractivity contribution in [1.29, 1.82) is 0 Å². The molecule has 1 aromatic carbocycles. The summed E-state index contributed by atoms with van der Waals surface area (Å²) in [6, 6.07) is 5.14. The van der Waals surface area contributed by atoms with Gasteiger partial charge in [-0.05, 0) is 86.0 Å². The second kappa shape index (κ2) is 4.30. The molecule has 5 atom stereocenters. The molecule has 2 heteroatoms. The first-order valence-electron chi connectivity index (χ1n) is 8.11. The van der Waals surface area contributed by atoms with Crippen molar-refractivity contribution in [2.45, 2.75) is 51.0 Å². The lowest BCUT2D eigenvalue weighted by atomic mass is 9.69. The van der Waals surface area contributed by atoms with Gasteiger partial charge in [-0.15, -0.1) is 0 Å². The molecule has 0 heterocycles. The monoisotopic (exact) mass is 273 g/mol. The Hall–Kier alpha value is -0.890. The zero-order valence-electron chi connectivity index (χ0n) is 12.2. The predicted molar refractivity (Wildman–Crippen MR) is 78.8 cm³/mol. The van der Waals surface area contributed by atoms with Gasteiger partial charge in [-0.25, -0.2) is 4.39 Å². The Morgan fingerprint density at radius 2 is 2.10 bits per heavy atom. The highest BCUT2D eigenvalue weighted by molar-refractivity contribution is 5.30. The molecule has 0 saturated heterocycles. The van der Waals surface area contributed by atoms with E-state index in [1.165, 1.54) is 31.2 Å². The number of fused-ring (bicyclic) bond motifs is 5. The molecular weight excluding hydrogens is 249 g/mol. The van der Waals surface area contributed by atoms with Crippen LogP contribution in [0.25, 0.3) is 0 Å².